The van der Waals surface area contributed by atoms with Crippen LogP contribution in [0.2, 0.25) is 0 Å². The monoisotopic (exact) mass is 233 g/mol. The first kappa shape index (κ1) is 13.0. The molecule has 0 aromatic heterocycles. The third-order valence-corrected chi connectivity index (χ3v) is 2.18. The minimum atomic E-state index is -0.288. The van der Waals surface area contributed by atoms with Gasteiger partial charge in [-0.25, -0.2) is 0 Å². The molecule has 0 radical (unpaired) electrons. The van der Waals surface area contributed by atoms with Crippen molar-refractivity contribution in [2.24, 2.45) is 0 Å². The van der Waals surface area contributed by atoms with Gasteiger partial charge in [-0.3, -0.25) is 9.59 Å². The Kier molecular flexibility index (Phi) is 4.46. The fraction of sp³-hybridized carbons (Fsp3) is 0.231. The van der Waals surface area contributed by atoms with Gasteiger partial charge in [0.15, 0.2) is 0 Å². The molecule has 0 saturated heterocycles. The summed E-state index contributed by atoms with van der Waals surface area (Å²) in [6.07, 6.45) is 0.227. The van der Waals surface area contributed by atoms with Gasteiger partial charge in [0.25, 0.3) is 5.91 Å². The summed E-state index contributed by atoms with van der Waals surface area (Å²) in [6, 6.07) is 7.01. The molecule has 0 aliphatic heterocycles. The first-order valence-electron chi connectivity index (χ1n) is 5.15. The number of methoxy groups -OCH3 is 1. The zero-order valence-corrected chi connectivity index (χ0v) is 9.95. The number of amides is 1. The van der Waals surface area contributed by atoms with Crippen LogP contribution in [-0.2, 0) is 20.7 Å². The molecule has 0 atom stereocenters. The van der Waals surface area contributed by atoms with Crippen molar-refractivity contribution in [3.63, 3.8) is 0 Å². The summed E-state index contributed by atoms with van der Waals surface area (Å²) in [5, 5.41) is 2.68. The lowest BCUT2D eigenvalue weighted by molar-refractivity contribution is -0.139. The van der Waals surface area contributed by atoms with Crippen molar-refractivity contribution in [1.82, 2.24) is 0 Å². The van der Waals surface area contributed by atoms with Crippen molar-refractivity contribution < 1.29 is 14.3 Å². The molecule has 4 heteroatoms. The van der Waals surface area contributed by atoms with Crippen LogP contribution in [0.1, 0.15) is 12.5 Å². The second-order valence-corrected chi connectivity index (χ2v) is 3.68. The van der Waals surface area contributed by atoms with Gasteiger partial charge >= 0.3 is 5.97 Å². The van der Waals surface area contributed by atoms with Crippen LogP contribution in [-0.4, -0.2) is 19.0 Å². The number of anilines is 1. The summed E-state index contributed by atoms with van der Waals surface area (Å²) in [4.78, 5) is 22.4. The molecule has 0 saturated carbocycles. The quantitative estimate of drug-likeness (QED) is 0.638. The Balaban J connectivity index is 2.65. The van der Waals surface area contributed by atoms with E-state index in [1.165, 1.54) is 7.11 Å². The highest BCUT2D eigenvalue weighted by Crippen LogP contribution is 2.11. The maximum absolute atomic E-state index is 11.3. The molecular weight excluding hydrogens is 218 g/mol. The molecule has 0 spiro atoms. The third kappa shape index (κ3) is 4.10. The zero-order valence-electron chi connectivity index (χ0n) is 9.95. The van der Waals surface area contributed by atoms with Crippen molar-refractivity contribution in [3.05, 3.63) is 42.0 Å². The van der Waals surface area contributed by atoms with Gasteiger partial charge in [-0.05, 0) is 24.6 Å². The van der Waals surface area contributed by atoms with Crippen molar-refractivity contribution in [2.45, 2.75) is 13.3 Å². The Hall–Kier alpha value is -2.10. The Morgan fingerprint density at radius 3 is 2.35 bits per heavy atom. The first-order chi connectivity index (χ1) is 8.02. The summed E-state index contributed by atoms with van der Waals surface area (Å²) in [6.45, 7) is 5.19. The molecule has 0 aliphatic carbocycles. The summed E-state index contributed by atoms with van der Waals surface area (Å²) in [5.41, 5.74) is 1.96. The molecule has 4 nitrogen and oxygen atoms in total. The maximum Gasteiger partial charge on any atom is 0.309 e. The largest absolute Gasteiger partial charge is 0.469 e. The number of hydrogen-bond acceptors (Lipinski definition) is 3. The Bertz CT molecular complexity index is 434. The van der Waals surface area contributed by atoms with Crippen LogP contribution in [0, 0.1) is 0 Å². The number of esters is 1. The highest BCUT2D eigenvalue weighted by molar-refractivity contribution is 6.02. The van der Waals surface area contributed by atoms with Gasteiger partial charge in [-0.2, -0.15) is 0 Å². The molecule has 17 heavy (non-hydrogen) atoms. The number of carbonyl (C=O) groups excluding carboxylic acids is 2. The van der Waals surface area contributed by atoms with E-state index in [0.717, 1.165) is 5.56 Å². The van der Waals surface area contributed by atoms with Crippen LogP contribution < -0.4 is 5.32 Å². The van der Waals surface area contributed by atoms with Crippen LogP contribution in [0.5, 0.6) is 0 Å². The van der Waals surface area contributed by atoms with E-state index in [0.29, 0.717) is 11.3 Å². The third-order valence-electron chi connectivity index (χ3n) is 2.18. The minimum absolute atomic E-state index is 0.217. The smallest absolute Gasteiger partial charge is 0.309 e. The van der Waals surface area contributed by atoms with E-state index >= 15 is 0 Å². The highest BCUT2D eigenvalue weighted by atomic mass is 16.5. The molecule has 0 fully saturated rings. The molecule has 1 rings (SSSR count). The van der Waals surface area contributed by atoms with E-state index in [2.05, 4.69) is 16.6 Å². The Morgan fingerprint density at radius 1 is 1.29 bits per heavy atom. The van der Waals surface area contributed by atoms with E-state index in [-0.39, 0.29) is 18.3 Å². The SMILES string of the molecule is C=C(C)C(=O)Nc1ccc(CC(=O)OC)cc1. The van der Waals surface area contributed by atoms with E-state index in [1.807, 2.05) is 0 Å². The number of benzene rings is 1. The average molecular weight is 233 g/mol. The van der Waals surface area contributed by atoms with Gasteiger partial charge in [0.1, 0.15) is 0 Å². The van der Waals surface area contributed by atoms with Gasteiger partial charge < -0.3 is 10.1 Å². The van der Waals surface area contributed by atoms with E-state index in [4.69, 9.17) is 0 Å². The molecule has 1 aromatic carbocycles. The standard InChI is InChI=1S/C13H15NO3/c1-9(2)13(16)14-11-6-4-10(5-7-11)8-12(15)17-3/h4-7H,1,8H2,2-3H3,(H,14,16). The first-order valence-corrected chi connectivity index (χ1v) is 5.15. The molecule has 0 unspecified atom stereocenters. The van der Waals surface area contributed by atoms with Crippen molar-refractivity contribution >= 4 is 17.6 Å². The predicted molar refractivity (Wildman–Crippen MR) is 65.6 cm³/mol. The lowest BCUT2D eigenvalue weighted by Gasteiger charge is -2.05. The lowest BCUT2D eigenvalue weighted by atomic mass is 10.1. The fourth-order valence-corrected chi connectivity index (χ4v) is 1.18. The molecular formula is C13H15NO3. The van der Waals surface area contributed by atoms with Gasteiger partial charge in [-0.1, -0.05) is 18.7 Å². The molecule has 0 bridgehead atoms. The van der Waals surface area contributed by atoms with Gasteiger partial charge in [-0.15, -0.1) is 0 Å². The van der Waals surface area contributed by atoms with Crippen LogP contribution in [0.25, 0.3) is 0 Å². The van der Waals surface area contributed by atoms with E-state index < -0.39 is 0 Å². The van der Waals surface area contributed by atoms with Crippen LogP contribution in [0.3, 0.4) is 0 Å². The molecule has 0 heterocycles. The van der Waals surface area contributed by atoms with Gasteiger partial charge in [0.05, 0.1) is 13.5 Å². The average Bonchev–Trinajstić information content (AvgIpc) is 2.31. The number of hydrogen-bond donors (Lipinski definition) is 1. The summed E-state index contributed by atoms with van der Waals surface area (Å²) in [7, 11) is 1.35. The van der Waals surface area contributed by atoms with E-state index in [9.17, 15) is 9.59 Å². The Labute approximate surface area is 100 Å². The summed E-state index contributed by atoms with van der Waals surface area (Å²) >= 11 is 0. The maximum atomic E-state index is 11.3. The number of carbonyl (C=O) groups is 2. The van der Waals surface area contributed by atoms with E-state index in [1.54, 1.807) is 31.2 Å². The van der Waals surface area contributed by atoms with Gasteiger partial charge in [0, 0.05) is 11.3 Å². The van der Waals surface area contributed by atoms with Crippen molar-refractivity contribution in [1.29, 1.82) is 0 Å². The zero-order chi connectivity index (χ0) is 12.8. The lowest BCUT2D eigenvalue weighted by Crippen LogP contribution is -2.11. The van der Waals surface area contributed by atoms with Crippen LogP contribution >= 0.6 is 0 Å². The predicted octanol–water partition coefficient (Wildman–Crippen LogP) is 1.92. The van der Waals surface area contributed by atoms with Crippen LogP contribution in [0.4, 0.5) is 5.69 Å². The molecule has 1 aromatic rings. The minimum Gasteiger partial charge on any atom is -0.469 e. The topological polar surface area (TPSA) is 55.4 Å². The second-order valence-electron chi connectivity index (χ2n) is 3.68. The normalized spacial score (nSPS) is 9.53. The number of nitrogens with one attached hydrogen (secondary N) is 1. The number of ether oxygens (including phenoxy) is 1. The van der Waals surface area contributed by atoms with Gasteiger partial charge in [0.2, 0.25) is 0 Å². The van der Waals surface area contributed by atoms with Crippen molar-refractivity contribution in [3.8, 4) is 0 Å². The molecule has 1 amide bonds. The van der Waals surface area contributed by atoms with Crippen LogP contribution in [0.15, 0.2) is 36.4 Å². The Morgan fingerprint density at radius 2 is 1.88 bits per heavy atom. The number of rotatable bonds is 4. The highest BCUT2D eigenvalue weighted by Gasteiger charge is 2.04. The molecule has 1 N–H and O–H groups in total. The second kappa shape index (κ2) is 5.84. The van der Waals surface area contributed by atoms with Crippen molar-refractivity contribution in [2.75, 3.05) is 12.4 Å². The molecule has 90 valence electrons. The molecule has 0 aliphatic rings. The fourth-order valence-electron chi connectivity index (χ4n) is 1.18. The summed E-state index contributed by atoms with van der Waals surface area (Å²) < 4.78 is 4.56. The summed E-state index contributed by atoms with van der Waals surface area (Å²) in [5.74, 6) is -0.505.